The van der Waals surface area contributed by atoms with Crippen LogP contribution >= 0.6 is 0 Å². The molecule has 2 rings (SSSR count). The molecular weight excluding hydrogens is 226 g/mol. The van der Waals surface area contributed by atoms with Crippen molar-refractivity contribution in [2.24, 2.45) is 7.05 Å². The highest BCUT2D eigenvalue weighted by molar-refractivity contribution is 5.72. The highest BCUT2D eigenvalue weighted by Gasteiger charge is 2.18. The monoisotopic (exact) mass is 247 g/mol. The molecule has 5 heteroatoms. The van der Waals surface area contributed by atoms with E-state index >= 15 is 0 Å². The van der Waals surface area contributed by atoms with Gasteiger partial charge >= 0.3 is 0 Å². The average molecular weight is 247 g/mol. The van der Waals surface area contributed by atoms with E-state index in [1.807, 2.05) is 17.9 Å². The standard InChI is InChI=1S/C13H21N5/c1-5-10-9(8-17(4)16-10)12-13(14)18(7-3)11(6-2)15-12/h8H,5-7,14H2,1-4H3. The smallest absolute Gasteiger partial charge is 0.131 e. The van der Waals surface area contributed by atoms with Gasteiger partial charge < -0.3 is 10.3 Å². The molecule has 0 saturated heterocycles. The Morgan fingerprint density at radius 2 is 1.94 bits per heavy atom. The zero-order valence-electron chi connectivity index (χ0n) is 11.6. The second-order valence-corrected chi connectivity index (χ2v) is 4.38. The number of hydrogen-bond acceptors (Lipinski definition) is 3. The van der Waals surface area contributed by atoms with E-state index in [0.29, 0.717) is 0 Å². The van der Waals surface area contributed by atoms with Crippen LogP contribution in [0.15, 0.2) is 6.20 Å². The van der Waals surface area contributed by atoms with Gasteiger partial charge in [0.25, 0.3) is 0 Å². The van der Waals surface area contributed by atoms with Gasteiger partial charge in [-0.3, -0.25) is 4.68 Å². The first-order valence-electron chi connectivity index (χ1n) is 6.50. The van der Waals surface area contributed by atoms with E-state index in [9.17, 15) is 0 Å². The molecule has 18 heavy (non-hydrogen) atoms. The SMILES string of the molecule is CCc1nn(C)cc1-c1nc(CC)n(CC)c1N. The number of imidazole rings is 1. The van der Waals surface area contributed by atoms with Gasteiger partial charge in [-0.15, -0.1) is 0 Å². The van der Waals surface area contributed by atoms with Crippen LogP contribution in [-0.4, -0.2) is 19.3 Å². The van der Waals surface area contributed by atoms with Crippen molar-refractivity contribution in [2.45, 2.75) is 40.2 Å². The summed E-state index contributed by atoms with van der Waals surface area (Å²) in [5.74, 6) is 1.79. The topological polar surface area (TPSA) is 61.7 Å². The van der Waals surface area contributed by atoms with Crippen molar-refractivity contribution in [3.05, 3.63) is 17.7 Å². The number of rotatable bonds is 4. The summed E-state index contributed by atoms with van der Waals surface area (Å²) in [5, 5.41) is 4.45. The fourth-order valence-electron chi connectivity index (χ4n) is 2.33. The molecule has 2 heterocycles. The van der Waals surface area contributed by atoms with E-state index in [1.165, 1.54) is 0 Å². The van der Waals surface area contributed by atoms with Crippen molar-refractivity contribution in [1.82, 2.24) is 19.3 Å². The summed E-state index contributed by atoms with van der Waals surface area (Å²) in [5.41, 5.74) is 9.20. The van der Waals surface area contributed by atoms with E-state index < -0.39 is 0 Å². The van der Waals surface area contributed by atoms with Gasteiger partial charge in [0.05, 0.1) is 5.69 Å². The predicted octanol–water partition coefficient (Wildman–Crippen LogP) is 2.01. The molecule has 2 aromatic rings. The van der Waals surface area contributed by atoms with Crippen LogP contribution < -0.4 is 5.73 Å². The Labute approximate surface area is 108 Å². The molecule has 5 nitrogen and oxygen atoms in total. The lowest BCUT2D eigenvalue weighted by atomic mass is 10.1. The Kier molecular flexibility index (Phi) is 3.41. The summed E-state index contributed by atoms with van der Waals surface area (Å²) in [6.07, 6.45) is 3.77. The molecule has 0 radical (unpaired) electrons. The number of anilines is 1. The minimum absolute atomic E-state index is 0.747. The van der Waals surface area contributed by atoms with Crippen LogP contribution in [0.3, 0.4) is 0 Å². The third kappa shape index (κ3) is 1.89. The Hall–Kier alpha value is -1.78. The quantitative estimate of drug-likeness (QED) is 0.899. The molecule has 0 aliphatic carbocycles. The number of hydrogen-bond donors (Lipinski definition) is 1. The van der Waals surface area contributed by atoms with Crippen molar-refractivity contribution in [3.8, 4) is 11.3 Å². The molecule has 0 aromatic carbocycles. The molecule has 0 spiro atoms. The minimum atomic E-state index is 0.747. The summed E-state index contributed by atoms with van der Waals surface area (Å²) < 4.78 is 3.89. The number of nitrogens with zero attached hydrogens (tertiary/aromatic N) is 4. The first kappa shape index (κ1) is 12.7. The van der Waals surface area contributed by atoms with E-state index in [0.717, 1.165) is 48.0 Å². The lowest BCUT2D eigenvalue weighted by Gasteiger charge is -2.04. The molecule has 0 fully saturated rings. The highest BCUT2D eigenvalue weighted by atomic mass is 15.3. The van der Waals surface area contributed by atoms with Crippen LogP contribution in [0.5, 0.6) is 0 Å². The van der Waals surface area contributed by atoms with Crippen molar-refractivity contribution in [3.63, 3.8) is 0 Å². The van der Waals surface area contributed by atoms with Gasteiger partial charge in [0.1, 0.15) is 17.3 Å². The van der Waals surface area contributed by atoms with E-state index in [1.54, 1.807) is 0 Å². The van der Waals surface area contributed by atoms with Gasteiger partial charge in [-0.1, -0.05) is 13.8 Å². The minimum Gasteiger partial charge on any atom is -0.383 e. The van der Waals surface area contributed by atoms with Crippen LogP contribution in [0.4, 0.5) is 5.82 Å². The Morgan fingerprint density at radius 1 is 1.22 bits per heavy atom. The summed E-state index contributed by atoms with van der Waals surface area (Å²) in [6.45, 7) is 7.13. The molecule has 2 N–H and O–H groups in total. The Bertz CT molecular complexity index is 550. The molecular formula is C13H21N5. The van der Waals surface area contributed by atoms with Gasteiger partial charge in [0, 0.05) is 31.8 Å². The maximum atomic E-state index is 6.22. The average Bonchev–Trinajstić information content (AvgIpc) is 2.88. The Balaban J connectivity index is 2.60. The molecule has 2 aromatic heterocycles. The van der Waals surface area contributed by atoms with Gasteiger partial charge in [-0.2, -0.15) is 5.10 Å². The van der Waals surface area contributed by atoms with Crippen molar-refractivity contribution < 1.29 is 0 Å². The zero-order chi connectivity index (χ0) is 13.3. The zero-order valence-corrected chi connectivity index (χ0v) is 11.6. The third-order valence-corrected chi connectivity index (χ3v) is 3.21. The van der Waals surface area contributed by atoms with E-state index in [4.69, 9.17) is 5.73 Å². The number of aromatic nitrogens is 4. The second-order valence-electron chi connectivity index (χ2n) is 4.38. The Morgan fingerprint density at radius 3 is 2.44 bits per heavy atom. The summed E-state index contributed by atoms with van der Waals surface area (Å²) in [7, 11) is 1.93. The van der Waals surface area contributed by atoms with E-state index in [2.05, 4.69) is 35.4 Å². The summed E-state index contributed by atoms with van der Waals surface area (Å²) >= 11 is 0. The van der Waals surface area contributed by atoms with Gasteiger partial charge in [-0.05, 0) is 13.3 Å². The molecule has 0 aliphatic heterocycles. The number of aryl methyl sites for hydroxylation is 3. The highest BCUT2D eigenvalue weighted by Crippen LogP contribution is 2.29. The van der Waals surface area contributed by atoms with Gasteiger partial charge in [-0.25, -0.2) is 4.98 Å². The van der Waals surface area contributed by atoms with Crippen LogP contribution in [0, 0.1) is 0 Å². The van der Waals surface area contributed by atoms with Crippen molar-refractivity contribution in [1.29, 1.82) is 0 Å². The maximum absolute atomic E-state index is 6.22. The predicted molar refractivity (Wildman–Crippen MR) is 73.3 cm³/mol. The molecule has 98 valence electrons. The first-order chi connectivity index (χ1) is 8.62. The number of nitrogen functional groups attached to an aromatic ring is 1. The van der Waals surface area contributed by atoms with Crippen molar-refractivity contribution in [2.75, 3.05) is 5.73 Å². The fraction of sp³-hybridized carbons (Fsp3) is 0.538. The molecule has 0 saturated carbocycles. The van der Waals surface area contributed by atoms with Crippen LogP contribution in [-0.2, 0) is 26.4 Å². The third-order valence-electron chi connectivity index (χ3n) is 3.21. The molecule has 0 unspecified atom stereocenters. The van der Waals surface area contributed by atoms with Gasteiger partial charge in [0.2, 0.25) is 0 Å². The van der Waals surface area contributed by atoms with Crippen LogP contribution in [0.2, 0.25) is 0 Å². The molecule has 0 atom stereocenters. The summed E-state index contributed by atoms with van der Waals surface area (Å²) in [4.78, 5) is 4.68. The van der Waals surface area contributed by atoms with Crippen molar-refractivity contribution >= 4 is 5.82 Å². The van der Waals surface area contributed by atoms with Crippen LogP contribution in [0.25, 0.3) is 11.3 Å². The second kappa shape index (κ2) is 4.84. The van der Waals surface area contributed by atoms with Gasteiger partial charge in [0.15, 0.2) is 0 Å². The molecule has 0 amide bonds. The largest absolute Gasteiger partial charge is 0.383 e. The summed E-state index contributed by atoms with van der Waals surface area (Å²) in [6, 6.07) is 0. The molecule has 0 bridgehead atoms. The normalized spacial score (nSPS) is 11.1. The first-order valence-corrected chi connectivity index (χ1v) is 6.50. The van der Waals surface area contributed by atoms with Crippen LogP contribution in [0.1, 0.15) is 32.3 Å². The molecule has 0 aliphatic rings. The fourth-order valence-corrected chi connectivity index (χ4v) is 2.33. The number of nitrogens with two attached hydrogens (primary N) is 1. The lowest BCUT2D eigenvalue weighted by Crippen LogP contribution is -2.04. The lowest BCUT2D eigenvalue weighted by molar-refractivity contribution is 0.713. The maximum Gasteiger partial charge on any atom is 0.131 e. The van der Waals surface area contributed by atoms with E-state index in [-0.39, 0.29) is 0 Å².